The Morgan fingerprint density at radius 2 is 1.26 bits per heavy atom. The molecule has 3 aliphatic rings. The number of esters is 5. The van der Waals surface area contributed by atoms with Crippen LogP contribution in [0.5, 0.6) is 0 Å². The van der Waals surface area contributed by atoms with Gasteiger partial charge in [0.1, 0.15) is 31.0 Å². The lowest BCUT2D eigenvalue weighted by atomic mass is 9.96. The van der Waals surface area contributed by atoms with Gasteiger partial charge in [-0.3, -0.25) is 24.0 Å². The number of hydrogen-bond donors (Lipinski definition) is 1. The van der Waals surface area contributed by atoms with Gasteiger partial charge in [0.2, 0.25) is 12.6 Å². The van der Waals surface area contributed by atoms with E-state index >= 15 is 0 Å². The zero-order valence-electron chi connectivity index (χ0n) is 24.2. The van der Waals surface area contributed by atoms with Gasteiger partial charge in [0, 0.05) is 48.7 Å². The number of methoxy groups -OCH3 is 1. The highest BCUT2D eigenvalue weighted by molar-refractivity contribution is 5.68. The summed E-state index contributed by atoms with van der Waals surface area (Å²) in [5.41, 5.74) is 0. The summed E-state index contributed by atoms with van der Waals surface area (Å²) in [6, 6.07) is 0. The van der Waals surface area contributed by atoms with Crippen LogP contribution in [0.3, 0.4) is 0 Å². The Balaban J connectivity index is 2.00. The average molecular weight is 609 g/mol. The topological polar surface area (TPSA) is 207 Å². The normalized spacial score (nSPS) is 37.9. The number of rotatable bonds is 9. The highest BCUT2D eigenvalue weighted by atomic mass is 16.9. The molecule has 17 heteroatoms. The van der Waals surface area contributed by atoms with Crippen LogP contribution < -0.4 is 0 Å². The molecule has 3 heterocycles. The molecule has 0 saturated carbocycles. The van der Waals surface area contributed by atoms with Crippen LogP contribution in [0.4, 0.5) is 0 Å². The first kappa shape index (κ1) is 33.6. The van der Waals surface area contributed by atoms with Crippen molar-refractivity contribution in [2.45, 2.75) is 109 Å². The van der Waals surface area contributed by atoms with E-state index in [1.807, 2.05) is 0 Å². The molecule has 1 N–H and O–H groups in total. The van der Waals surface area contributed by atoms with Crippen LogP contribution >= 0.6 is 0 Å². The third kappa shape index (κ3) is 8.33. The van der Waals surface area contributed by atoms with E-state index in [1.165, 1.54) is 14.0 Å². The molecule has 0 aliphatic carbocycles. The van der Waals surface area contributed by atoms with Crippen molar-refractivity contribution < 1.29 is 81.2 Å². The zero-order valence-corrected chi connectivity index (χ0v) is 24.2. The lowest BCUT2D eigenvalue weighted by Gasteiger charge is -2.51. The monoisotopic (exact) mass is 608 g/mol. The van der Waals surface area contributed by atoms with Gasteiger partial charge in [-0.25, -0.2) is 0 Å². The summed E-state index contributed by atoms with van der Waals surface area (Å²) in [7, 11) is 1.33. The fourth-order valence-electron chi connectivity index (χ4n) is 4.64. The van der Waals surface area contributed by atoms with E-state index in [-0.39, 0.29) is 6.61 Å². The van der Waals surface area contributed by atoms with Crippen LogP contribution in [0.1, 0.15) is 41.5 Å². The molecule has 0 bridgehead atoms. The maximum atomic E-state index is 12.1. The van der Waals surface area contributed by atoms with Crippen LogP contribution in [-0.4, -0.2) is 123 Å². The molecule has 3 aliphatic heterocycles. The van der Waals surface area contributed by atoms with E-state index in [1.54, 1.807) is 0 Å². The number of aliphatic hydroxyl groups is 1. The number of aliphatic hydroxyl groups excluding tert-OH is 1. The Bertz CT molecular complexity index is 1020. The van der Waals surface area contributed by atoms with Crippen molar-refractivity contribution in [3.05, 3.63) is 0 Å². The molecule has 0 radical (unpaired) electrons. The van der Waals surface area contributed by atoms with Crippen LogP contribution in [0.15, 0.2) is 0 Å². The van der Waals surface area contributed by atoms with Crippen LogP contribution in [0.2, 0.25) is 0 Å². The van der Waals surface area contributed by atoms with Crippen LogP contribution in [0, 0.1) is 0 Å². The predicted octanol–water partition coefficient (Wildman–Crippen LogP) is -1.16. The summed E-state index contributed by atoms with van der Waals surface area (Å²) in [5, 5.41) is 10.9. The van der Waals surface area contributed by atoms with Crippen molar-refractivity contribution in [3.63, 3.8) is 0 Å². The highest BCUT2D eigenvalue weighted by Crippen LogP contribution is 2.38. The van der Waals surface area contributed by atoms with Gasteiger partial charge in [0.15, 0.2) is 24.4 Å². The molecule has 3 saturated heterocycles. The maximum Gasteiger partial charge on any atom is 0.303 e. The minimum Gasteiger partial charge on any atom is -0.463 e. The molecule has 3 rings (SSSR count). The van der Waals surface area contributed by atoms with Gasteiger partial charge < -0.3 is 57.2 Å². The Morgan fingerprint density at radius 1 is 0.762 bits per heavy atom. The zero-order chi connectivity index (χ0) is 31.4. The third-order valence-electron chi connectivity index (χ3n) is 6.37. The average Bonchev–Trinajstić information content (AvgIpc) is 2.88. The molecule has 42 heavy (non-hydrogen) atoms. The van der Waals surface area contributed by atoms with Gasteiger partial charge in [0.25, 0.3) is 5.97 Å². The minimum absolute atomic E-state index is 0.151. The molecule has 3 fully saturated rings. The second-order valence-corrected chi connectivity index (χ2v) is 9.77. The Kier molecular flexibility index (Phi) is 11.2. The van der Waals surface area contributed by atoms with Gasteiger partial charge in [-0.15, -0.1) is 0 Å². The second kappa shape index (κ2) is 14.0. The standard InChI is InChI=1S/C25H36O17/c1-10(26)33-8-15-17(31)19(35-11(2)27)21(37-13(4)29)23(39-15)41-24-22(38-14(5)30)20(36-12(3)28)18-16(40-24)9-34-25(6,32-7)42-18/h15-24,31H,8-9H2,1-7H3/t15-,16-,17-,18-,19+,20+,21-,22-,23-,24-,25+/m1/s1. The van der Waals surface area contributed by atoms with Gasteiger partial charge in [-0.05, 0) is 0 Å². The van der Waals surface area contributed by atoms with Crippen molar-refractivity contribution in [1.29, 1.82) is 0 Å². The lowest BCUT2D eigenvalue weighted by Crippen LogP contribution is -2.68. The summed E-state index contributed by atoms with van der Waals surface area (Å²) in [4.78, 5) is 59.6. The van der Waals surface area contributed by atoms with Crippen LogP contribution in [0.25, 0.3) is 0 Å². The van der Waals surface area contributed by atoms with E-state index in [2.05, 4.69) is 0 Å². The van der Waals surface area contributed by atoms with Crippen molar-refractivity contribution in [1.82, 2.24) is 0 Å². The molecule has 0 unspecified atom stereocenters. The number of carbonyl (C=O) groups excluding carboxylic acids is 5. The molecule has 0 spiro atoms. The molecule has 0 aromatic rings. The first-order chi connectivity index (χ1) is 19.6. The van der Waals surface area contributed by atoms with E-state index in [4.69, 9.17) is 52.1 Å². The first-order valence-electron chi connectivity index (χ1n) is 13.0. The van der Waals surface area contributed by atoms with Crippen LogP contribution in [-0.2, 0) is 76.1 Å². The lowest BCUT2D eigenvalue weighted by molar-refractivity contribution is -0.455. The van der Waals surface area contributed by atoms with Crippen molar-refractivity contribution in [2.24, 2.45) is 0 Å². The summed E-state index contributed by atoms with van der Waals surface area (Å²) in [5.74, 6) is -5.51. The molecule has 0 aromatic heterocycles. The van der Waals surface area contributed by atoms with Gasteiger partial charge in [-0.2, -0.15) is 0 Å². The van der Waals surface area contributed by atoms with E-state index in [0.717, 1.165) is 34.6 Å². The summed E-state index contributed by atoms with van der Waals surface area (Å²) < 4.78 is 61.0. The number of hydrogen-bond acceptors (Lipinski definition) is 17. The van der Waals surface area contributed by atoms with E-state index < -0.39 is 104 Å². The van der Waals surface area contributed by atoms with Crippen molar-refractivity contribution >= 4 is 29.8 Å². The first-order valence-corrected chi connectivity index (χ1v) is 13.0. The number of fused-ring (bicyclic) bond motifs is 1. The van der Waals surface area contributed by atoms with Crippen molar-refractivity contribution in [2.75, 3.05) is 20.3 Å². The molecular formula is C25H36O17. The van der Waals surface area contributed by atoms with Crippen molar-refractivity contribution in [3.8, 4) is 0 Å². The highest BCUT2D eigenvalue weighted by Gasteiger charge is 2.58. The Morgan fingerprint density at radius 3 is 1.79 bits per heavy atom. The minimum atomic E-state index is -1.67. The van der Waals surface area contributed by atoms with Gasteiger partial charge in [-0.1, -0.05) is 0 Å². The summed E-state index contributed by atoms with van der Waals surface area (Å²) >= 11 is 0. The Hall–Kier alpha value is -2.93. The Labute approximate surface area is 240 Å². The number of carbonyl (C=O) groups is 5. The molecule has 17 nitrogen and oxygen atoms in total. The summed E-state index contributed by atoms with van der Waals surface area (Å²) in [6.45, 7) is 6.29. The molecule has 0 amide bonds. The molecule has 11 atom stereocenters. The fraction of sp³-hybridized carbons (Fsp3) is 0.800. The number of ether oxygens (including phenoxy) is 11. The smallest absolute Gasteiger partial charge is 0.303 e. The molecular weight excluding hydrogens is 572 g/mol. The second-order valence-electron chi connectivity index (χ2n) is 9.77. The predicted molar refractivity (Wildman–Crippen MR) is 130 cm³/mol. The SMILES string of the molecule is CO[C@@]1(C)OC[C@H]2O[C@H](O[C@H]3O[C@H](COC(C)=O)[C@@H](O)[C@H](OC(C)=O)[C@H]3OC(C)=O)[C@H](OC(C)=O)[C@@H](OC(C)=O)[C@@H]2O1. The van der Waals surface area contributed by atoms with Gasteiger partial charge >= 0.3 is 29.8 Å². The molecule has 0 aromatic carbocycles. The largest absolute Gasteiger partial charge is 0.463 e. The van der Waals surface area contributed by atoms with E-state index in [0.29, 0.717) is 0 Å². The van der Waals surface area contributed by atoms with Gasteiger partial charge in [0.05, 0.1) is 6.61 Å². The molecule has 238 valence electrons. The van der Waals surface area contributed by atoms with E-state index in [9.17, 15) is 29.1 Å². The summed E-state index contributed by atoms with van der Waals surface area (Å²) in [6.07, 6.45) is -14.2. The quantitative estimate of drug-likeness (QED) is 0.242. The maximum absolute atomic E-state index is 12.1. The fourth-order valence-corrected chi connectivity index (χ4v) is 4.64. The third-order valence-corrected chi connectivity index (χ3v) is 6.37.